The Morgan fingerprint density at radius 1 is 1.52 bits per heavy atom. The minimum atomic E-state index is 0.0571. The summed E-state index contributed by atoms with van der Waals surface area (Å²) in [5, 5.41) is 8.98. The number of rotatable bonds is 5. The van der Waals surface area contributed by atoms with Crippen LogP contribution in [0.25, 0.3) is 0 Å². The van der Waals surface area contributed by atoms with E-state index < -0.39 is 0 Å². The first-order valence-electron chi connectivity index (χ1n) is 7.57. The van der Waals surface area contributed by atoms with Gasteiger partial charge in [-0.25, -0.2) is 4.98 Å². The van der Waals surface area contributed by atoms with E-state index in [1.165, 1.54) is 17.8 Å². The Morgan fingerprint density at radius 3 is 3.14 bits per heavy atom. The van der Waals surface area contributed by atoms with Crippen LogP contribution in [0.5, 0.6) is 0 Å². The maximum Gasteiger partial charge on any atom is 0.227 e. The van der Waals surface area contributed by atoms with E-state index in [0.29, 0.717) is 17.6 Å². The van der Waals surface area contributed by atoms with Crippen molar-refractivity contribution in [3.05, 3.63) is 11.1 Å². The number of nitrogens with zero attached hydrogens (tertiary/aromatic N) is 2. The van der Waals surface area contributed by atoms with Gasteiger partial charge in [0.1, 0.15) is 0 Å². The quantitative estimate of drug-likeness (QED) is 0.851. The van der Waals surface area contributed by atoms with Crippen LogP contribution < -0.4 is 10.6 Å². The van der Waals surface area contributed by atoms with Crippen LogP contribution in [-0.2, 0) is 16.1 Å². The van der Waals surface area contributed by atoms with Crippen molar-refractivity contribution >= 4 is 22.4 Å². The molecule has 0 bridgehead atoms. The van der Waals surface area contributed by atoms with E-state index in [9.17, 15) is 4.79 Å². The first-order valence-corrected chi connectivity index (χ1v) is 8.45. The normalized spacial score (nSPS) is 23.3. The number of thiazole rings is 1. The molecule has 1 aromatic rings. The Morgan fingerprint density at radius 2 is 2.38 bits per heavy atom. The molecule has 116 valence electrons. The molecule has 3 heterocycles. The zero-order chi connectivity index (χ0) is 14.5. The second-order valence-electron chi connectivity index (χ2n) is 5.58. The number of anilines is 1. The molecule has 3 rings (SSSR count). The molecule has 1 atom stereocenters. The number of carbonyl (C=O) groups excluding carboxylic acids is 1. The van der Waals surface area contributed by atoms with Gasteiger partial charge in [-0.2, -0.15) is 0 Å². The lowest BCUT2D eigenvalue weighted by molar-refractivity contribution is -0.116. The fraction of sp³-hybridized carbons (Fsp3) is 0.714. The summed E-state index contributed by atoms with van der Waals surface area (Å²) >= 11 is 1.50. The molecule has 0 spiro atoms. The summed E-state index contributed by atoms with van der Waals surface area (Å²) in [7, 11) is 0. The summed E-state index contributed by atoms with van der Waals surface area (Å²) in [6.07, 6.45) is 2.80. The van der Waals surface area contributed by atoms with Crippen LogP contribution in [0.1, 0.15) is 25.0 Å². The Balaban J connectivity index is 1.46. The fourth-order valence-electron chi connectivity index (χ4n) is 2.75. The molecule has 2 aliphatic heterocycles. The third-order valence-electron chi connectivity index (χ3n) is 3.88. The first-order chi connectivity index (χ1) is 10.3. The average molecular weight is 310 g/mol. The molecule has 1 aromatic heterocycles. The van der Waals surface area contributed by atoms with Crippen LogP contribution in [0.15, 0.2) is 5.38 Å². The molecule has 21 heavy (non-hydrogen) atoms. The van der Waals surface area contributed by atoms with E-state index >= 15 is 0 Å². The number of aromatic nitrogens is 1. The minimum absolute atomic E-state index is 0.0571. The van der Waals surface area contributed by atoms with Crippen LogP contribution in [0.2, 0.25) is 0 Å². The van der Waals surface area contributed by atoms with Gasteiger partial charge >= 0.3 is 0 Å². The van der Waals surface area contributed by atoms with Crippen LogP contribution >= 0.6 is 11.3 Å². The molecule has 6 nitrogen and oxygen atoms in total. The number of amides is 1. The van der Waals surface area contributed by atoms with Gasteiger partial charge in [0.2, 0.25) is 5.91 Å². The van der Waals surface area contributed by atoms with Crippen LogP contribution in [0.3, 0.4) is 0 Å². The van der Waals surface area contributed by atoms with E-state index in [-0.39, 0.29) is 5.91 Å². The lowest BCUT2D eigenvalue weighted by Gasteiger charge is -2.25. The van der Waals surface area contributed by atoms with Crippen molar-refractivity contribution in [2.24, 2.45) is 0 Å². The number of nitrogens with one attached hydrogen (secondary N) is 2. The molecule has 7 heteroatoms. The average Bonchev–Trinajstić information content (AvgIpc) is 3.12. The van der Waals surface area contributed by atoms with Gasteiger partial charge in [0.15, 0.2) is 5.13 Å². The highest BCUT2D eigenvalue weighted by atomic mass is 32.1. The molecule has 0 radical (unpaired) electrons. The lowest BCUT2D eigenvalue weighted by atomic mass is 10.1. The maximum atomic E-state index is 12.0. The standard InChI is InChI=1S/C14H22N4O2S/c19-13(8-11-2-1-3-15-11)17-14-16-12(10-21-14)9-18-4-6-20-7-5-18/h10-11,15H,1-9H2,(H,16,17,19). The molecular formula is C14H22N4O2S. The smallest absolute Gasteiger partial charge is 0.227 e. The van der Waals surface area contributed by atoms with Gasteiger partial charge in [0, 0.05) is 37.5 Å². The van der Waals surface area contributed by atoms with Gasteiger partial charge in [-0.15, -0.1) is 11.3 Å². The van der Waals surface area contributed by atoms with Crippen molar-refractivity contribution in [3.8, 4) is 0 Å². The molecule has 0 aromatic carbocycles. The van der Waals surface area contributed by atoms with Crippen molar-refractivity contribution in [2.75, 3.05) is 38.2 Å². The molecule has 0 saturated carbocycles. The molecule has 0 aliphatic carbocycles. The van der Waals surface area contributed by atoms with E-state index in [1.807, 2.05) is 5.38 Å². The van der Waals surface area contributed by atoms with Crippen molar-refractivity contribution in [1.82, 2.24) is 15.2 Å². The summed E-state index contributed by atoms with van der Waals surface area (Å²) in [6.45, 7) is 5.35. The zero-order valence-electron chi connectivity index (χ0n) is 12.1. The van der Waals surface area contributed by atoms with E-state index in [1.54, 1.807) is 0 Å². The van der Waals surface area contributed by atoms with E-state index in [2.05, 4.69) is 20.5 Å². The van der Waals surface area contributed by atoms with Crippen LogP contribution in [0.4, 0.5) is 5.13 Å². The van der Waals surface area contributed by atoms with E-state index in [4.69, 9.17) is 4.74 Å². The van der Waals surface area contributed by atoms with Crippen molar-refractivity contribution < 1.29 is 9.53 Å². The van der Waals surface area contributed by atoms with Crippen molar-refractivity contribution in [1.29, 1.82) is 0 Å². The number of ether oxygens (including phenoxy) is 1. The second-order valence-corrected chi connectivity index (χ2v) is 6.44. The summed E-state index contributed by atoms with van der Waals surface area (Å²) in [6, 6.07) is 0.331. The lowest BCUT2D eigenvalue weighted by Crippen LogP contribution is -2.35. The minimum Gasteiger partial charge on any atom is -0.379 e. The second kappa shape index (κ2) is 7.31. The predicted molar refractivity (Wildman–Crippen MR) is 82.5 cm³/mol. The third kappa shape index (κ3) is 4.47. The molecule has 2 aliphatic rings. The molecule has 2 saturated heterocycles. The van der Waals surface area contributed by atoms with Gasteiger partial charge in [-0.05, 0) is 19.4 Å². The molecule has 2 fully saturated rings. The summed E-state index contributed by atoms with van der Waals surface area (Å²) in [5.41, 5.74) is 1.02. The Hall–Kier alpha value is -1.02. The van der Waals surface area contributed by atoms with E-state index in [0.717, 1.165) is 51.5 Å². The monoisotopic (exact) mass is 310 g/mol. The predicted octanol–water partition coefficient (Wildman–Crippen LogP) is 1.06. The topological polar surface area (TPSA) is 66.5 Å². The van der Waals surface area contributed by atoms with Crippen LogP contribution in [-0.4, -0.2) is 54.7 Å². The van der Waals surface area contributed by atoms with Crippen LogP contribution in [0, 0.1) is 0 Å². The summed E-state index contributed by atoms with van der Waals surface area (Å²) in [5.74, 6) is 0.0571. The SMILES string of the molecule is O=C(CC1CCCN1)Nc1nc(CN2CCOCC2)cs1. The van der Waals surface area contributed by atoms with Crippen molar-refractivity contribution in [3.63, 3.8) is 0 Å². The molecule has 2 N–H and O–H groups in total. The third-order valence-corrected chi connectivity index (χ3v) is 4.69. The summed E-state index contributed by atoms with van der Waals surface area (Å²) < 4.78 is 5.34. The fourth-order valence-corrected chi connectivity index (χ4v) is 3.47. The highest BCUT2D eigenvalue weighted by molar-refractivity contribution is 7.13. The summed E-state index contributed by atoms with van der Waals surface area (Å²) in [4.78, 5) is 18.8. The largest absolute Gasteiger partial charge is 0.379 e. The molecular weight excluding hydrogens is 288 g/mol. The van der Waals surface area contributed by atoms with Gasteiger partial charge in [0.05, 0.1) is 18.9 Å². The molecule has 1 unspecified atom stereocenters. The Kier molecular flexibility index (Phi) is 5.18. The highest BCUT2D eigenvalue weighted by Gasteiger charge is 2.18. The van der Waals surface area contributed by atoms with Gasteiger partial charge in [-0.3, -0.25) is 9.69 Å². The van der Waals surface area contributed by atoms with Crippen molar-refractivity contribution in [2.45, 2.75) is 31.8 Å². The highest BCUT2D eigenvalue weighted by Crippen LogP contribution is 2.18. The molecule has 1 amide bonds. The number of hydrogen-bond acceptors (Lipinski definition) is 6. The Labute approximate surface area is 128 Å². The van der Waals surface area contributed by atoms with Gasteiger partial charge in [-0.1, -0.05) is 0 Å². The zero-order valence-corrected chi connectivity index (χ0v) is 13.0. The Bertz CT molecular complexity index is 467. The van der Waals surface area contributed by atoms with Gasteiger partial charge in [0.25, 0.3) is 0 Å². The maximum absolute atomic E-state index is 12.0. The number of hydrogen-bond donors (Lipinski definition) is 2. The number of carbonyl (C=O) groups is 1. The first kappa shape index (κ1) is 14.9. The van der Waals surface area contributed by atoms with Gasteiger partial charge < -0.3 is 15.4 Å². The number of morpholine rings is 1.